The Hall–Kier alpha value is -0.570. The smallest absolute Gasteiger partial charge is 0.323 e. The van der Waals surface area contributed by atoms with Crippen molar-refractivity contribution in [1.82, 2.24) is 0 Å². The maximum absolute atomic E-state index is 11.0. The Morgan fingerprint density at radius 2 is 2.36 bits per heavy atom. The molecule has 1 rings (SSSR count). The highest BCUT2D eigenvalue weighted by atomic mass is 16.5. The van der Waals surface area contributed by atoms with E-state index in [0.717, 1.165) is 12.8 Å². The van der Waals surface area contributed by atoms with Gasteiger partial charge < -0.3 is 10.5 Å². The quantitative estimate of drug-likeness (QED) is 0.613. The lowest BCUT2D eigenvalue weighted by Crippen LogP contribution is -2.42. The molecule has 3 nitrogen and oxygen atoms in total. The summed E-state index contributed by atoms with van der Waals surface area (Å²) in [4.78, 5) is 11.0. The Balaban J connectivity index is 2.27. The molecule has 1 atom stereocenters. The maximum atomic E-state index is 11.0. The highest BCUT2D eigenvalue weighted by molar-refractivity contribution is 5.75. The van der Waals surface area contributed by atoms with Crippen LogP contribution in [0, 0.1) is 5.92 Å². The van der Waals surface area contributed by atoms with E-state index >= 15 is 0 Å². The minimum Gasteiger partial charge on any atom is -0.465 e. The van der Waals surface area contributed by atoms with E-state index in [1.54, 1.807) is 6.92 Å². The first kappa shape index (κ1) is 8.53. The standard InChI is InChI=1S/C8H15NO2/c1-2-11-8(10)7(9)6-4-3-5-6/h6-7H,2-5,9H2,1H3/t7-/m1/s1. The molecule has 0 aromatic rings. The summed E-state index contributed by atoms with van der Waals surface area (Å²) in [5.74, 6) is 0.145. The number of nitrogens with two attached hydrogens (primary N) is 1. The van der Waals surface area contributed by atoms with Gasteiger partial charge in [0.15, 0.2) is 0 Å². The molecular formula is C8H15NO2. The van der Waals surface area contributed by atoms with Crippen molar-refractivity contribution in [3.8, 4) is 0 Å². The van der Waals surface area contributed by atoms with E-state index in [-0.39, 0.29) is 12.0 Å². The molecule has 0 spiro atoms. The third kappa shape index (κ3) is 1.93. The highest BCUT2D eigenvalue weighted by Gasteiger charge is 2.30. The third-order valence-corrected chi connectivity index (χ3v) is 2.22. The van der Waals surface area contributed by atoms with Crippen molar-refractivity contribution in [2.24, 2.45) is 11.7 Å². The van der Waals surface area contributed by atoms with Gasteiger partial charge in [-0.15, -0.1) is 0 Å². The molecule has 1 fully saturated rings. The van der Waals surface area contributed by atoms with Gasteiger partial charge in [0.25, 0.3) is 0 Å². The van der Waals surface area contributed by atoms with Crippen LogP contribution >= 0.6 is 0 Å². The Bertz CT molecular complexity index is 143. The van der Waals surface area contributed by atoms with Crippen molar-refractivity contribution < 1.29 is 9.53 Å². The van der Waals surface area contributed by atoms with Crippen LogP contribution in [-0.2, 0) is 9.53 Å². The molecule has 1 aliphatic rings. The first-order valence-electron chi connectivity index (χ1n) is 4.18. The van der Waals surface area contributed by atoms with Crippen LogP contribution in [0.2, 0.25) is 0 Å². The van der Waals surface area contributed by atoms with E-state index in [0.29, 0.717) is 12.5 Å². The summed E-state index contributed by atoms with van der Waals surface area (Å²) < 4.78 is 4.80. The van der Waals surface area contributed by atoms with Gasteiger partial charge in [-0.3, -0.25) is 4.79 Å². The lowest BCUT2D eigenvalue weighted by atomic mass is 9.80. The fourth-order valence-electron chi connectivity index (χ4n) is 1.23. The summed E-state index contributed by atoms with van der Waals surface area (Å²) in [5.41, 5.74) is 5.63. The largest absolute Gasteiger partial charge is 0.465 e. The fourth-order valence-corrected chi connectivity index (χ4v) is 1.23. The maximum Gasteiger partial charge on any atom is 0.323 e. The van der Waals surface area contributed by atoms with E-state index in [1.165, 1.54) is 6.42 Å². The zero-order valence-corrected chi connectivity index (χ0v) is 6.88. The second-order valence-electron chi connectivity index (χ2n) is 2.97. The fraction of sp³-hybridized carbons (Fsp3) is 0.875. The van der Waals surface area contributed by atoms with Crippen LogP contribution in [0.15, 0.2) is 0 Å². The van der Waals surface area contributed by atoms with Crippen LogP contribution in [0.5, 0.6) is 0 Å². The van der Waals surface area contributed by atoms with Gasteiger partial charge in [-0.2, -0.15) is 0 Å². The summed E-state index contributed by atoms with van der Waals surface area (Å²) in [6.45, 7) is 2.23. The number of hydrogen-bond donors (Lipinski definition) is 1. The minimum absolute atomic E-state index is 0.239. The summed E-state index contributed by atoms with van der Waals surface area (Å²) in [5, 5.41) is 0. The van der Waals surface area contributed by atoms with Crippen LogP contribution in [0.4, 0.5) is 0 Å². The summed E-state index contributed by atoms with van der Waals surface area (Å²) in [7, 11) is 0. The van der Waals surface area contributed by atoms with Crippen molar-refractivity contribution in [3.63, 3.8) is 0 Å². The van der Waals surface area contributed by atoms with Crippen molar-refractivity contribution in [3.05, 3.63) is 0 Å². The average Bonchev–Trinajstić information content (AvgIpc) is 1.84. The van der Waals surface area contributed by atoms with E-state index in [4.69, 9.17) is 10.5 Å². The van der Waals surface area contributed by atoms with Gasteiger partial charge in [-0.05, 0) is 25.7 Å². The molecule has 1 aliphatic carbocycles. The second-order valence-corrected chi connectivity index (χ2v) is 2.97. The molecule has 0 radical (unpaired) electrons. The monoisotopic (exact) mass is 157 g/mol. The van der Waals surface area contributed by atoms with Gasteiger partial charge in [0.1, 0.15) is 6.04 Å². The number of carbonyl (C=O) groups is 1. The van der Waals surface area contributed by atoms with Gasteiger partial charge in [0, 0.05) is 0 Å². The SMILES string of the molecule is CCOC(=O)[C@H](N)C1CCC1. The molecule has 0 aromatic heterocycles. The van der Waals surface area contributed by atoms with E-state index in [1.807, 2.05) is 0 Å². The van der Waals surface area contributed by atoms with Crippen LogP contribution in [0.1, 0.15) is 26.2 Å². The molecule has 64 valence electrons. The van der Waals surface area contributed by atoms with Crippen molar-refractivity contribution in [2.45, 2.75) is 32.2 Å². The normalized spacial score (nSPS) is 20.5. The summed E-state index contributed by atoms with van der Waals surface area (Å²) in [6, 6.07) is -0.372. The summed E-state index contributed by atoms with van der Waals surface area (Å²) in [6.07, 6.45) is 3.37. The molecular weight excluding hydrogens is 142 g/mol. The Labute approximate surface area is 66.9 Å². The highest BCUT2D eigenvalue weighted by Crippen LogP contribution is 2.28. The average molecular weight is 157 g/mol. The van der Waals surface area contributed by atoms with E-state index in [2.05, 4.69) is 0 Å². The second kappa shape index (κ2) is 3.72. The molecule has 11 heavy (non-hydrogen) atoms. The number of rotatable bonds is 3. The first-order valence-corrected chi connectivity index (χ1v) is 4.18. The van der Waals surface area contributed by atoms with Crippen LogP contribution in [0.3, 0.4) is 0 Å². The predicted molar refractivity (Wildman–Crippen MR) is 41.9 cm³/mol. The topological polar surface area (TPSA) is 52.3 Å². The Morgan fingerprint density at radius 1 is 1.73 bits per heavy atom. The zero-order chi connectivity index (χ0) is 8.27. The van der Waals surface area contributed by atoms with E-state index < -0.39 is 0 Å². The molecule has 1 saturated carbocycles. The van der Waals surface area contributed by atoms with Gasteiger partial charge in [0.05, 0.1) is 6.61 Å². The molecule has 0 aromatic carbocycles. The van der Waals surface area contributed by atoms with Crippen molar-refractivity contribution in [1.29, 1.82) is 0 Å². The van der Waals surface area contributed by atoms with Crippen molar-refractivity contribution >= 4 is 5.97 Å². The first-order chi connectivity index (χ1) is 5.25. The molecule has 0 bridgehead atoms. The lowest BCUT2D eigenvalue weighted by molar-refractivity contribution is -0.146. The van der Waals surface area contributed by atoms with Gasteiger partial charge >= 0.3 is 5.97 Å². The van der Waals surface area contributed by atoms with Crippen LogP contribution < -0.4 is 5.73 Å². The van der Waals surface area contributed by atoms with E-state index in [9.17, 15) is 4.79 Å². The number of hydrogen-bond acceptors (Lipinski definition) is 3. The molecule has 0 amide bonds. The molecule has 2 N–H and O–H groups in total. The number of esters is 1. The predicted octanol–water partition coefficient (Wildman–Crippen LogP) is 0.677. The molecule has 0 aliphatic heterocycles. The van der Waals surface area contributed by atoms with Crippen LogP contribution in [0.25, 0.3) is 0 Å². The summed E-state index contributed by atoms with van der Waals surface area (Å²) >= 11 is 0. The number of carbonyl (C=O) groups excluding carboxylic acids is 1. The Kier molecular flexibility index (Phi) is 2.88. The Morgan fingerprint density at radius 3 is 2.73 bits per heavy atom. The van der Waals surface area contributed by atoms with Crippen molar-refractivity contribution in [2.75, 3.05) is 6.61 Å². The lowest BCUT2D eigenvalue weighted by Gasteiger charge is -2.29. The van der Waals surface area contributed by atoms with Gasteiger partial charge in [-0.25, -0.2) is 0 Å². The molecule has 3 heteroatoms. The van der Waals surface area contributed by atoms with Crippen LogP contribution in [-0.4, -0.2) is 18.6 Å². The molecule has 0 saturated heterocycles. The molecule has 0 heterocycles. The zero-order valence-electron chi connectivity index (χ0n) is 6.88. The molecule has 0 unspecified atom stereocenters. The third-order valence-electron chi connectivity index (χ3n) is 2.22. The minimum atomic E-state index is -0.372. The number of ether oxygens (including phenoxy) is 1. The van der Waals surface area contributed by atoms with Gasteiger partial charge in [-0.1, -0.05) is 6.42 Å². The van der Waals surface area contributed by atoms with Gasteiger partial charge in [0.2, 0.25) is 0 Å².